The van der Waals surface area contributed by atoms with Crippen LogP contribution in [0.1, 0.15) is 95.2 Å². The lowest BCUT2D eigenvalue weighted by Crippen LogP contribution is -2.51. The zero-order valence-corrected chi connectivity index (χ0v) is 25.7. The quantitative estimate of drug-likeness (QED) is 0.391. The number of nitrogens with zero attached hydrogens (tertiary/aromatic N) is 1. The van der Waals surface area contributed by atoms with Gasteiger partial charge in [-0.25, -0.2) is 0 Å². The van der Waals surface area contributed by atoms with Crippen LogP contribution in [0.2, 0.25) is 0 Å². The Bertz CT molecular complexity index is 1470. The lowest BCUT2D eigenvalue weighted by Gasteiger charge is -2.53. The van der Waals surface area contributed by atoms with E-state index in [-0.39, 0.29) is 22.5 Å². The van der Waals surface area contributed by atoms with Crippen molar-refractivity contribution in [3.8, 4) is 11.8 Å². The van der Waals surface area contributed by atoms with Crippen molar-refractivity contribution in [3.05, 3.63) is 88.0 Å². The van der Waals surface area contributed by atoms with Crippen LogP contribution < -0.4 is 4.90 Å². The molecule has 4 aliphatic carbocycles. The standard InChI is InChI=1S/C38H45NO2/c1-36(2,3)28-12-7-25(8-13-28)19-21-38(41)22-20-34-32-17-11-27-23-30(40)16-18-31(27)35(32)33(24-37(34,38)4)26-9-14-29(15-10-26)39(5)6/h7-10,12-15,23,32-34,41H,11,16-18,20,22,24H2,1-6H3/t32-,33+,34-,37-,38-/m0/s1. The number of hydrogen-bond acceptors (Lipinski definition) is 3. The van der Waals surface area contributed by atoms with E-state index in [0.717, 1.165) is 37.7 Å². The molecule has 0 heterocycles. The Hall–Kier alpha value is -3.09. The molecule has 4 aliphatic rings. The van der Waals surface area contributed by atoms with E-state index < -0.39 is 5.60 Å². The molecule has 0 aliphatic heterocycles. The highest BCUT2D eigenvalue weighted by molar-refractivity contribution is 5.93. The maximum Gasteiger partial charge on any atom is 0.156 e. The average Bonchev–Trinajstić information content (AvgIpc) is 3.21. The van der Waals surface area contributed by atoms with Crippen molar-refractivity contribution < 1.29 is 9.90 Å². The van der Waals surface area contributed by atoms with Gasteiger partial charge in [0, 0.05) is 43.1 Å². The van der Waals surface area contributed by atoms with Crippen LogP contribution >= 0.6 is 0 Å². The Balaban J connectivity index is 1.41. The maximum atomic E-state index is 12.4. The number of ketones is 1. The van der Waals surface area contributed by atoms with E-state index >= 15 is 0 Å². The molecule has 41 heavy (non-hydrogen) atoms. The van der Waals surface area contributed by atoms with E-state index in [9.17, 15) is 9.90 Å². The first kappa shape index (κ1) is 28.0. The molecule has 2 saturated carbocycles. The summed E-state index contributed by atoms with van der Waals surface area (Å²) in [6.45, 7) is 8.99. The minimum Gasteiger partial charge on any atom is -0.378 e. The number of rotatable bonds is 2. The molecule has 0 bridgehead atoms. The van der Waals surface area contributed by atoms with Gasteiger partial charge in [-0.05, 0) is 108 Å². The predicted octanol–water partition coefficient (Wildman–Crippen LogP) is 7.73. The third-order valence-electron chi connectivity index (χ3n) is 10.9. The zero-order chi connectivity index (χ0) is 29.2. The number of carbonyl (C=O) groups is 1. The van der Waals surface area contributed by atoms with Gasteiger partial charge < -0.3 is 10.0 Å². The molecule has 3 nitrogen and oxygen atoms in total. The SMILES string of the molecule is CN(C)c1ccc([C@H]2C[C@@]3(C)[C@@H](CC[C@@]3(O)C#Cc3ccc(C(C)(C)C)cc3)[C@@H]3CCC4=CC(=O)CCC4=C32)cc1. The van der Waals surface area contributed by atoms with Gasteiger partial charge in [-0.1, -0.05) is 69.4 Å². The van der Waals surface area contributed by atoms with Gasteiger partial charge in [0.15, 0.2) is 5.78 Å². The monoisotopic (exact) mass is 547 g/mol. The molecule has 0 unspecified atom stereocenters. The molecule has 0 spiro atoms. The van der Waals surface area contributed by atoms with Crippen molar-refractivity contribution in [2.75, 3.05) is 19.0 Å². The first-order valence-corrected chi connectivity index (χ1v) is 15.5. The molecule has 3 heteroatoms. The molecule has 6 rings (SSSR count). The first-order chi connectivity index (χ1) is 19.4. The summed E-state index contributed by atoms with van der Waals surface area (Å²) >= 11 is 0. The summed E-state index contributed by atoms with van der Waals surface area (Å²) in [5.41, 5.74) is 7.82. The van der Waals surface area contributed by atoms with E-state index in [1.54, 1.807) is 5.57 Å². The molecule has 214 valence electrons. The predicted molar refractivity (Wildman–Crippen MR) is 168 cm³/mol. The molecule has 2 aromatic rings. The molecular formula is C38H45NO2. The van der Waals surface area contributed by atoms with Crippen LogP contribution in [0.4, 0.5) is 5.69 Å². The highest BCUT2D eigenvalue weighted by Gasteiger charge is 2.62. The van der Waals surface area contributed by atoms with Gasteiger partial charge in [0.2, 0.25) is 0 Å². The van der Waals surface area contributed by atoms with Crippen LogP contribution in [-0.4, -0.2) is 30.6 Å². The van der Waals surface area contributed by atoms with E-state index in [1.807, 2.05) is 6.08 Å². The smallest absolute Gasteiger partial charge is 0.156 e. The molecular weight excluding hydrogens is 502 g/mol. The minimum absolute atomic E-state index is 0.102. The van der Waals surface area contributed by atoms with Crippen LogP contribution in [0.3, 0.4) is 0 Å². The van der Waals surface area contributed by atoms with Gasteiger partial charge in [0.1, 0.15) is 5.60 Å². The molecule has 0 saturated heterocycles. The summed E-state index contributed by atoms with van der Waals surface area (Å²) in [6, 6.07) is 17.6. The zero-order valence-electron chi connectivity index (χ0n) is 25.7. The second kappa shape index (κ2) is 10.0. The van der Waals surface area contributed by atoms with Gasteiger partial charge in [0.25, 0.3) is 0 Å². The van der Waals surface area contributed by atoms with E-state index in [4.69, 9.17) is 0 Å². The van der Waals surface area contributed by atoms with Crippen LogP contribution in [0.25, 0.3) is 0 Å². The first-order valence-electron chi connectivity index (χ1n) is 15.5. The van der Waals surface area contributed by atoms with Crippen molar-refractivity contribution in [1.29, 1.82) is 0 Å². The number of carbonyl (C=O) groups excluding carboxylic acids is 1. The fourth-order valence-electron chi connectivity index (χ4n) is 8.40. The number of fused-ring (bicyclic) bond motifs is 4. The fourth-order valence-corrected chi connectivity index (χ4v) is 8.40. The summed E-state index contributed by atoms with van der Waals surface area (Å²) in [4.78, 5) is 14.5. The summed E-state index contributed by atoms with van der Waals surface area (Å²) in [5, 5.41) is 12.4. The van der Waals surface area contributed by atoms with Gasteiger partial charge in [-0.3, -0.25) is 4.79 Å². The van der Waals surface area contributed by atoms with E-state index in [2.05, 4.69) is 107 Å². The topological polar surface area (TPSA) is 40.5 Å². The second-order valence-electron chi connectivity index (χ2n) is 14.5. The van der Waals surface area contributed by atoms with Gasteiger partial charge >= 0.3 is 0 Å². The Morgan fingerprint density at radius 3 is 2.32 bits per heavy atom. The minimum atomic E-state index is -1.03. The van der Waals surface area contributed by atoms with Crippen molar-refractivity contribution in [3.63, 3.8) is 0 Å². The van der Waals surface area contributed by atoms with E-state index in [0.29, 0.717) is 24.7 Å². The van der Waals surface area contributed by atoms with Crippen molar-refractivity contribution in [2.45, 2.75) is 89.6 Å². The van der Waals surface area contributed by atoms with Crippen LogP contribution in [0.15, 0.2) is 71.3 Å². The average molecular weight is 548 g/mol. The molecule has 0 amide bonds. The number of allylic oxidation sites excluding steroid dienone is 4. The van der Waals surface area contributed by atoms with Gasteiger partial charge in [-0.15, -0.1) is 0 Å². The van der Waals surface area contributed by atoms with Crippen LogP contribution in [0.5, 0.6) is 0 Å². The van der Waals surface area contributed by atoms with Crippen molar-refractivity contribution in [2.24, 2.45) is 17.3 Å². The number of aliphatic hydroxyl groups is 1. The lowest BCUT2D eigenvalue weighted by atomic mass is 9.51. The van der Waals surface area contributed by atoms with Crippen LogP contribution in [-0.2, 0) is 10.2 Å². The van der Waals surface area contributed by atoms with Crippen molar-refractivity contribution in [1.82, 2.24) is 0 Å². The highest BCUT2D eigenvalue weighted by Crippen LogP contribution is 2.66. The van der Waals surface area contributed by atoms with E-state index in [1.165, 1.54) is 28.0 Å². The number of benzene rings is 2. The summed E-state index contributed by atoms with van der Waals surface area (Å²) in [7, 11) is 4.15. The summed E-state index contributed by atoms with van der Waals surface area (Å²) in [5.74, 6) is 8.17. The second-order valence-corrected chi connectivity index (χ2v) is 14.5. The Labute approximate surface area is 246 Å². The third-order valence-corrected chi connectivity index (χ3v) is 10.9. The molecule has 2 fully saturated rings. The number of hydrogen-bond donors (Lipinski definition) is 1. The Kier molecular flexibility index (Phi) is 6.86. The Morgan fingerprint density at radius 1 is 0.951 bits per heavy atom. The maximum absolute atomic E-state index is 12.4. The molecule has 1 N–H and O–H groups in total. The summed E-state index contributed by atoms with van der Waals surface area (Å²) in [6.07, 6.45) is 8.03. The molecule has 0 aromatic heterocycles. The summed E-state index contributed by atoms with van der Waals surface area (Å²) < 4.78 is 0. The van der Waals surface area contributed by atoms with Gasteiger partial charge in [0.05, 0.1) is 0 Å². The lowest BCUT2D eigenvalue weighted by molar-refractivity contribution is -0.114. The normalized spacial score (nSPS) is 31.0. The van der Waals surface area contributed by atoms with Crippen LogP contribution in [0, 0.1) is 29.1 Å². The van der Waals surface area contributed by atoms with Gasteiger partial charge in [-0.2, -0.15) is 0 Å². The molecule has 0 radical (unpaired) electrons. The molecule has 5 atom stereocenters. The third kappa shape index (κ3) is 4.79. The fraction of sp³-hybridized carbons (Fsp3) is 0.500. The molecule has 2 aromatic carbocycles. The van der Waals surface area contributed by atoms with Crippen molar-refractivity contribution >= 4 is 11.5 Å². The largest absolute Gasteiger partial charge is 0.378 e. The number of anilines is 1. The Morgan fingerprint density at radius 2 is 1.66 bits per heavy atom. The highest BCUT2D eigenvalue weighted by atomic mass is 16.3.